The number of nitrogens with two attached hydrogens (primary N) is 1. The first-order valence-corrected chi connectivity index (χ1v) is 8.15. The van der Waals surface area contributed by atoms with Crippen molar-refractivity contribution in [3.63, 3.8) is 0 Å². The van der Waals surface area contributed by atoms with Crippen molar-refractivity contribution in [2.75, 3.05) is 5.73 Å². The fraction of sp³-hybridized carbons (Fsp3) is 0.300. The van der Waals surface area contributed by atoms with E-state index < -0.39 is 11.2 Å². The number of benzene rings is 2. The fourth-order valence-corrected chi connectivity index (χ4v) is 1.87. The van der Waals surface area contributed by atoms with E-state index in [-0.39, 0.29) is 0 Å². The molecule has 0 aliphatic carbocycles. The van der Waals surface area contributed by atoms with Crippen LogP contribution < -0.4 is 15.9 Å². The molecule has 0 aromatic heterocycles. The first kappa shape index (κ1) is 19.1. The number of para-hydroxylation sites is 2. The molecule has 0 aliphatic heterocycles. The van der Waals surface area contributed by atoms with Crippen LogP contribution in [0.15, 0.2) is 55.1 Å². The van der Waals surface area contributed by atoms with E-state index in [1.54, 1.807) is 33.5 Å². The third-order valence-electron chi connectivity index (χ3n) is 4.35. The summed E-state index contributed by atoms with van der Waals surface area (Å²) in [6, 6.07) is 14.9. The number of ether oxygens (including phenoxy) is 1. The van der Waals surface area contributed by atoms with Crippen molar-refractivity contribution in [1.82, 2.24) is 0 Å². The molecule has 0 heterocycles. The number of rotatable bonds is 7. The topological polar surface area (TPSA) is 64.7 Å². The number of hydrogen-bond acceptors (Lipinski definition) is 4. The van der Waals surface area contributed by atoms with E-state index in [0.717, 1.165) is 11.0 Å². The number of aliphatic hydroxyl groups is 1. The van der Waals surface area contributed by atoms with E-state index in [2.05, 4.69) is 6.58 Å². The Labute approximate surface area is 150 Å². The molecular formula is C20H25BNO3. The summed E-state index contributed by atoms with van der Waals surface area (Å²) in [5, 5.41) is 10.1. The quantitative estimate of drug-likeness (QED) is 0.462. The molecule has 0 aliphatic rings. The number of nitrogen functional groups attached to an aromatic ring is 1. The zero-order valence-corrected chi connectivity index (χ0v) is 15.2. The zero-order valence-electron chi connectivity index (χ0n) is 15.2. The number of hydrogen-bond donors (Lipinski definition) is 2. The van der Waals surface area contributed by atoms with E-state index in [4.69, 9.17) is 15.1 Å². The van der Waals surface area contributed by atoms with Crippen molar-refractivity contribution in [2.45, 2.75) is 38.9 Å². The summed E-state index contributed by atoms with van der Waals surface area (Å²) in [7, 11) is 1.64. The van der Waals surface area contributed by atoms with Crippen molar-refractivity contribution >= 4 is 24.4 Å². The standard InChI is InChI=1S/C20H25BNO3/c1-14(24-18-9-7-6-8-17(18)22)15-10-12-16(13-11-15)21-25-20(4,5)19(2,3)23/h6-13,23H,1,22H2,2-5H3. The first-order chi connectivity index (χ1) is 11.6. The van der Waals surface area contributed by atoms with Gasteiger partial charge in [-0.3, -0.25) is 0 Å². The van der Waals surface area contributed by atoms with Gasteiger partial charge in [-0.25, -0.2) is 0 Å². The van der Waals surface area contributed by atoms with Gasteiger partial charge in [0.05, 0.1) is 16.9 Å². The molecule has 0 spiro atoms. The van der Waals surface area contributed by atoms with Gasteiger partial charge >= 0.3 is 7.48 Å². The summed E-state index contributed by atoms with van der Waals surface area (Å²) in [6.07, 6.45) is 0. The summed E-state index contributed by atoms with van der Waals surface area (Å²) < 4.78 is 11.5. The van der Waals surface area contributed by atoms with Gasteiger partial charge in [-0.15, -0.1) is 0 Å². The van der Waals surface area contributed by atoms with Crippen LogP contribution in [0.1, 0.15) is 33.3 Å². The van der Waals surface area contributed by atoms with Gasteiger partial charge < -0.3 is 20.2 Å². The van der Waals surface area contributed by atoms with Crippen LogP contribution in [0.5, 0.6) is 5.75 Å². The van der Waals surface area contributed by atoms with Crippen molar-refractivity contribution in [3.8, 4) is 5.75 Å². The van der Waals surface area contributed by atoms with Crippen LogP contribution in [-0.2, 0) is 4.65 Å². The van der Waals surface area contributed by atoms with Crippen LogP contribution in [0.3, 0.4) is 0 Å². The fourth-order valence-electron chi connectivity index (χ4n) is 1.87. The molecule has 25 heavy (non-hydrogen) atoms. The van der Waals surface area contributed by atoms with Gasteiger partial charge in [0.1, 0.15) is 11.5 Å². The van der Waals surface area contributed by atoms with Crippen LogP contribution in [0, 0.1) is 0 Å². The van der Waals surface area contributed by atoms with Gasteiger partial charge in [0.25, 0.3) is 0 Å². The van der Waals surface area contributed by atoms with Crippen LogP contribution in [-0.4, -0.2) is 23.8 Å². The molecule has 0 fully saturated rings. The van der Waals surface area contributed by atoms with E-state index in [9.17, 15) is 5.11 Å². The molecule has 0 unspecified atom stereocenters. The molecule has 0 atom stereocenters. The Morgan fingerprint density at radius 3 is 2.20 bits per heavy atom. The molecule has 0 amide bonds. The predicted molar refractivity (Wildman–Crippen MR) is 104 cm³/mol. The molecule has 0 bridgehead atoms. The molecule has 5 heteroatoms. The Kier molecular flexibility index (Phi) is 5.60. The second-order valence-corrected chi connectivity index (χ2v) is 6.99. The zero-order chi connectivity index (χ0) is 18.7. The Hall–Kier alpha value is -2.24. The summed E-state index contributed by atoms with van der Waals surface area (Å²) in [4.78, 5) is 0. The molecule has 2 aromatic carbocycles. The Bertz CT molecular complexity index is 733. The molecule has 0 saturated carbocycles. The number of anilines is 1. The van der Waals surface area contributed by atoms with Crippen molar-refractivity contribution < 1.29 is 14.5 Å². The maximum atomic E-state index is 10.1. The maximum Gasteiger partial charge on any atom is 0.330 e. The highest BCUT2D eigenvalue weighted by Gasteiger charge is 2.35. The highest BCUT2D eigenvalue weighted by atomic mass is 16.5. The average molecular weight is 338 g/mol. The van der Waals surface area contributed by atoms with Gasteiger partial charge in [0.2, 0.25) is 0 Å². The molecule has 4 nitrogen and oxygen atoms in total. The SMILES string of the molecule is C=C(Oc1ccccc1N)c1ccc([B]OC(C)(C)C(C)(C)O)cc1. The van der Waals surface area contributed by atoms with E-state index >= 15 is 0 Å². The lowest BCUT2D eigenvalue weighted by Crippen LogP contribution is -2.49. The van der Waals surface area contributed by atoms with Gasteiger partial charge in [0.15, 0.2) is 0 Å². The van der Waals surface area contributed by atoms with Gasteiger partial charge in [-0.1, -0.05) is 48.4 Å². The van der Waals surface area contributed by atoms with Gasteiger partial charge in [0, 0.05) is 5.56 Å². The summed E-state index contributed by atoms with van der Waals surface area (Å²) in [5.41, 5.74) is 6.51. The Morgan fingerprint density at radius 1 is 1.04 bits per heavy atom. The predicted octanol–water partition coefficient (Wildman–Crippen LogP) is 3.13. The van der Waals surface area contributed by atoms with Crippen LogP contribution in [0.25, 0.3) is 5.76 Å². The minimum Gasteiger partial charge on any atom is -0.455 e. The van der Waals surface area contributed by atoms with E-state index in [1.807, 2.05) is 50.2 Å². The van der Waals surface area contributed by atoms with Crippen LogP contribution >= 0.6 is 0 Å². The lowest BCUT2D eigenvalue weighted by molar-refractivity contribution is -0.0893. The van der Waals surface area contributed by atoms with Crippen molar-refractivity contribution in [2.24, 2.45) is 0 Å². The van der Waals surface area contributed by atoms with Crippen LogP contribution in [0.4, 0.5) is 5.69 Å². The van der Waals surface area contributed by atoms with Crippen molar-refractivity contribution in [3.05, 3.63) is 60.7 Å². The third-order valence-corrected chi connectivity index (χ3v) is 4.35. The third kappa shape index (κ3) is 4.87. The lowest BCUT2D eigenvalue weighted by Gasteiger charge is -2.37. The van der Waals surface area contributed by atoms with Crippen LogP contribution in [0.2, 0.25) is 0 Å². The summed E-state index contributed by atoms with van der Waals surface area (Å²) in [6.45, 7) is 11.1. The second kappa shape index (κ2) is 7.34. The second-order valence-electron chi connectivity index (χ2n) is 6.99. The summed E-state index contributed by atoms with van der Waals surface area (Å²) in [5.74, 6) is 1.10. The molecule has 0 saturated heterocycles. The molecule has 2 rings (SSSR count). The highest BCUT2D eigenvalue weighted by Crippen LogP contribution is 2.26. The molecule has 2 aromatic rings. The monoisotopic (exact) mass is 338 g/mol. The maximum absolute atomic E-state index is 10.1. The Balaban J connectivity index is 2.00. The smallest absolute Gasteiger partial charge is 0.330 e. The minimum absolute atomic E-state index is 0.516. The Morgan fingerprint density at radius 2 is 1.64 bits per heavy atom. The largest absolute Gasteiger partial charge is 0.455 e. The minimum atomic E-state index is -0.957. The summed E-state index contributed by atoms with van der Waals surface area (Å²) >= 11 is 0. The normalized spacial score (nSPS) is 11.9. The molecule has 1 radical (unpaired) electrons. The first-order valence-electron chi connectivity index (χ1n) is 8.15. The molecule has 3 N–H and O–H groups in total. The van der Waals surface area contributed by atoms with E-state index in [0.29, 0.717) is 17.2 Å². The van der Waals surface area contributed by atoms with Gasteiger partial charge in [-0.2, -0.15) is 0 Å². The molecule has 131 valence electrons. The highest BCUT2D eigenvalue weighted by molar-refractivity contribution is 6.47. The van der Waals surface area contributed by atoms with Crippen molar-refractivity contribution in [1.29, 1.82) is 0 Å². The van der Waals surface area contributed by atoms with Gasteiger partial charge in [-0.05, 0) is 39.8 Å². The van der Waals surface area contributed by atoms with E-state index in [1.165, 1.54) is 0 Å². The molecular weight excluding hydrogens is 313 g/mol. The average Bonchev–Trinajstić information content (AvgIpc) is 2.54. The lowest BCUT2D eigenvalue weighted by atomic mass is 9.82.